The number of aliphatic hydroxyl groups is 1. The van der Waals surface area contributed by atoms with E-state index >= 15 is 0 Å². The van der Waals surface area contributed by atoms with Gasteiger partial charge in [-0.1, -0.05) is 68.4 Å². The largest absolute Gasteiger partial charge is 0.393 e. The summed E-state index contributed by atoms with van der Waals surface area (Å²) in [6.07, 6.45) is 19.1. The number of rotatable bonds is 4. The summed E-state index contributed by atoms with van der Waals surface area (Å²) in [5.41, 5.74) is 5.13. The van der Waals surface area contributed by atoms with Crippen LogP contribution < -0.4 is 0 Å². The summed E-state index contributed by atoms with van der Waals surface area (Å²) in [7, 11) is 0. The molecule has 1 nitrogen and oxygen atoms in total. The number of aliphatic hydroxyl groups excluding tert-OH is 1. The Balaban J connectivity index is 1.57. The molecule has 1 N–H and O–H groups in total. The molecule has 1 heteroatoms. The molecule has 0 aromatic heterocycles. The van der Waals surface area contributed by atoms with Gasteiger partial charge in [0.2, 0.25) is 0 Å². The Morgan fingerprint density at radius 3 is 2.82 bits per heavy atom. The van der Waals surface area contributed by atoms with Crippen LogP contribution in [-0.2, 0) is 0 Å². The first kappa shape index (κ1) is 20.2. The minimum absolute atomic E-state index is 0.116. The first-order valence-electron chi connectivity index (χ1n) is 11.7. The molecule has 4 aliphatic carbocycles. The number of fused-ring (bicyclic) bond motifs is 5. The fraction of sp³-hybridized carbons (Fsp3) is 0.704. The molecule has 0 aliphatic heterocycles. The predicted octanol–water partition coefficient (Wildman–Crippen LogP) is 7.00. The Morgan fingerprint density at radius 1 is 1.29 bits per heavy atom. The van der Waals surface area contributed by atoms with Crippen LogP contribution in [0.5, 0.6) is 0 Å². The van der Waals surface area contributed by atoms with Crippen molar-refractivity contribution in [3.05, 3.63) is 47.6 Å². The summed E-state index contributed by atoms with van der Waals surface area (Å²) in [6.45, 7) is 13.6. The van der Waals surface area contributed by atoms with Crippen molar-refractivity contribution in [2.24, 2.45) is 34.5 Å². The van der Waals surface area contributed by atoms with E-state index in [0.29, 0.717) is 5.41 Å². The Kier molecular flexibility index (Phi) is 5.28. The molecule has 0 spiro atoms. The summed E-state index contributed by atoms with van der Waals surface area (Å²) < 4.78 is 0. The van der Waals surface area contributed by atoms with E-state index in [1.54, 1.807) is 5.57 Å². The number of hydrogen-bond donors (Lipinski definition) is 1. The van der Waals surface area contributed by atoms with Gasteiger partial charge in [-0.2, -0.15) is 0 Å². The molecule has 2 fully saturated rings. The van der Waals surface area contributed by atoms with Crippen molar-refractivity contribution in [2.45, 2.75) is 85.2 Å². The Bertz CT molecular complexity index is 725. The van der Waals surface area contributed by atoms with Crippen LogP contribution in [0.2, 0.25) is 0 Å². The molecule has 7 atom stereocenters. The van der Waals surface area contributed by atoms with Crippen molar-refractivity contribution in [3.63, 3.8) is 0 Å². The lowest BCUT2D eigenvalue weighted by Crippen LogP contribution is -2.45. The van der Waals surface area contributed by atoms with E-state index in [1.807, 2.05) is 0 Å². The van der Waals surface area contributed by atoms with Gasteiger partial charge in [0.05, 0.1) is 6.10 Å². The number of hydrogen-bond acceptors (Lipinski definition) is 1. The van der Waals surface area contributed by atoms with E-state index in [9.17, 15) is 5.11 Å². The smallest absolute Gasteiger partial charge is 0.0578 e. The van der Waals surface area contributed by atoms with Crippen LogP contribution >= 0.6 is 0 Å². The molecule has 7 unspecified atom stereocenters. The van der Waals surface area contributed by atoms with E-state index in [-0.39, 0.29) is 11.5 Å². The van der Waals surface area contributed by atoms with Gasteiger partial charge < -0.3 is 5.11 Å². The lowest BCUT2D eigenvalue weighted by atomic mass is 9.51. The van der Waals surface area contributed by atoms with Crippen LogP contribution in [0.3, 0.4) is 0 Å². The third-order valence-electron chi connectivity index (χ3n) is 9.12. The van der Waals surface area contributed by atoms with Crippen LogP contribution in [0.4, 0.5) is 0 Å². The molecule has 0 radical (unpaired) electrons. The fourth-order valence-corrected chi connectivity index (χ4v) is 7.57. The quantitative estimate of drug-likeness (QED) is 0.411. The highest BCUT2D eigenvalue weighted by Crippen LogP contribution is 2.65. The molecule has 0 bridgehead atoms. The molecule has 0 saturated heterocycles. The van der Waals surface area contributed by atoms with Crippen molar-refractivity contribution >= 4 is 0 Å². The van der Waals surface area contributed by atoms with E-state index in [0.717, 1.165) is 48.5 Å². The molecule has 0 heterocycles. The lowest BCUT2D eigenvalue weighted by molar-refractivity contribution is 0.0599. The topological polar surface area (TPSA) is 20.2 Å². The SMILES string of the molecule is C=C(C)C=CCC(C)C1CCC2C3CC=C4CC(O)CCC4(C)C3=CCC12C. The average molecular weight is 381 g/mol. The minimum atomic E-state index is -0.116. The third-order valence-corrected chi connectivity index (χ3v) is 9.12. The second-order valence-corrected chi connectivity index (χ2v) is 10.9. The molecule has 4 rings (SSSR count). The third kappa shape index (κ3) is 3.18. The Morgan fingerprint density at radius 2 is 2.07 bits per heavy atom. The summed E-state index contributed by atoms with van der Waals surface area (Å²) in [5, 5.41) is 10.2. The van der Waals surface area contributed by atoms with Gasteiger partial charge in [-0.3, -0.25) is 0 Å². The van der Waals surface area contributed by atoms with E-state index in [4.69, 9.17) is 0 Å². The van der Waals surface area contributed by atoms with E-state index in [2.05, 4.69) is 58.6 Å². The Labute approximate surface area is 172 Å². The maximum atomic E-state index is 10.2. The molecule has 0 aromatic rings. The molecule has 2 saturated carbocycles. The van der Waals surface area contributed by atoms with Gasteiger partial charge in [-0.05, 0) is 87.4 Å². The zero-order valence-electron chi connectivity index (χ0n) is 18.5. The second-order valence-electron chi connectivity index (χ2n) is 10.9. The molecule has 28 heavy (non-hydrogen) atoms. The highest BCUT2D eigenvalue weighted by Gasteiger charge is 2.56. The van der Waals surface area contributed by atoms with Gasteiger partial charge in [0, 0.05) is 5.41 Å². The monoisotopic (exact) mass is 380 g/mol. The molecule has 0 amide bonds. The number of allylic oxidation sites excluding steroid dienone is 6. The van der Waals surface area contributed by atoms with Crippen molar-refractivity contribution in [1.29, 1.82) is 0 Å². The van der Waals surface area contributed by atoms with Gasteiger partial charge in [-0.25, -0.2) is 0 Å². The zero-order chi connectivity index (χ0) is 20.1. The summed E-state index contributed by atoms with van der Waals surface area (Å²) in [5.74, 6) is 3.16. The maximum absolute atomic E-state index is 10.2. The zero-order valence-corrected chi connectivity index (χ0v) is 18.5. The van der Waals surface area contributed by atoms with Crippen molar-refractivity contribution in [2.75, 3.05) is 0 Å². The van der Waals surface area contributed by atoms with E-state index in [1.165, 1.54) is 37.7 Å². The minimum Gasteiger partial charge on any atom is -0.393 e. The van der Waals surface area contributed by atoms with Crippen molar-refractivity contribution in [1.82, 2.24) is 0 Å². The standard InChI is InChI=1S/C27H40O/c1-18(2)7-6-8-19(3)23-11-12-24-22-10-9-20-17-21(28)13-15-26(20,4)25(22)14-16-27(23,24)5/h6-7,9,14,19,21-24,28H,1,8,10-13,15-17H2,2-5H3. The average Bonchev–Trinajstić information content (AvgIpc) is 2.99. The van der Waals surface area contributed by atoms with Gasteiger partial charge in [0.25, 0.3) is 0 Å². The highest BCUT2D eigenvalue weighted by molar-refractivity contribution is 5.39. The summed E-state index contributed by atoms with van der Waals surface area (Å²) >= 11 is 0. The molecular weight excluding hydrogens is 340 g/mol. The Hall–Kier alpha value is -1.08. The van der Waals surface area contributed by atoms with Gasteiger partial charge >= 0.3 is 0 Å². The van der Waals surface area contributed by atoms with Crippen molar-refractivity contribution in [3.8, 4) is 0 Å². The molecule has 0 aromatic carbocycles. The lowest BCUT2D eigenvalue weighted by Gasteiger charge is -2.54. The normalized spacial score (nSPS) is 43.6. The van der Waals surface area contributed by atoms with Gasteiger partial charge in [-0.15, -0.1) is 0 Å². The van der Waals surface area contributed by atoms with Crippen LogP contribution in [0, 0.1) is 34.5 Å². The summed E-state index contributed by atoms with van der Waals surface area (Å²) in [6, 6.07) is 0. The first-order chi connectivity index (χ1) is 13.3. The summed E-state index contributed by atoms with van der Waals surface area (Å²) in [4.78, 5) is 0. The maximum Gasteiger partial charge on any atom is 0.0578 e. The van der Waals surface area contributed by atoms with Crippen LogP contribution in [0.1, 0.15) is 79.1 Å². The molecular formula is C27H40O. The second kappa shape index (κ2) is 7.31. The highest BCUT2D eigenvalue weighted by atomic mass is 16.3. The van der Waals surface area contributed by atoms with E-state index < -0.39 is 0 Å². The van der Waals surface area contributed by atoms with Crippen molar-refractivity contribution < 1.29 is 5.11 Å². The van der Waals surface area contributed by atoms with Crippen LogP contribution in [0.25, 0.3) is 0 Å². The van der Waals surface area contributed by atoms with Gasteiger partial charge in [0.1, 0.15) is 0 Å². The first-order valence-corrected chi connectivity index (χ1v) is 11.7. The van der Waals surface area contributed by atoms with Gasteiger partial charge in [0.15, 0.2) is 0 Å². The van der Waals surface area contributed by atoms with Crippen LogP contribution in [-0.4, -0.2) is 11.2 Å². The van der Waals surface area contributed by atoms with Crippen LogP contribution in [0.15, 0.2) is 47.6 Å². The molecule has 4 aliphatic rings. The molecule has 154 valence electrons. The predicted molar refractivity (Wildman–Crippen MR) is 119 cm³/mol. The fourth-order valence-electron chi connectivity index (χ4n) is 7.57.